The second-order valence-corrected chi connectivity index (χ2v) is 5.73. The van der Waals surface area contributed by atoms with Crippen molar-refractivity contribution in [1.29, 1.82) is 0 Å². The van der Waals surface area contributed by atoms with Crippen LogP contribution in [0.4, 0.5) is 5.69 Å². The molecule has 0 saturated heterocycles. The molecule has 0 aromatic heterocycles. The molecule has 0 fully saturated rings. The Morgan fingerprint density at radius 2 is 1.83 bits per heavy atom. The minimum absolute atomic E-state index is 0.167. The minimum atomic E-state index is 0.167. The standard InChI is InChI=1S/C19H25N3O2/c1-14(2)24-17-10-8-15(9-11-17)12-21-19(20)22-18-7-5-4-6-16(18)13-23-3/h4-11,14H,12-13H2,1-3H3,(H3,20,21,22). The molecule has 0 aliphatic heterocycles. The summed E-state index contributed by atoms with van der Waals surface area (Å²) in [6.45, 7) is 5.04. The lowest BCUT2D eigenvalue weighted by atomic mass is 10.2. The van der Waals surface area contributed by atoms with E-state index >= 15 is 0 Å². The van der Waals surface area contributed by atoms with E-state index in [1.165, 1.54) is 0 Å². The van der Waals surface area contributed by atoms with Gasteiger partial charge in [-0.3, -0.25) is 0 Å². The van der Waals surface area contributed by atoms with E-state index in [9.17, 15) is 0 Å². The molecule has 5 nitrogen and oxygen atoms in total. The SMILES string of the molecule is COCc1ccccc1NC(N)=NCc1ccc(OC(C)C)cc1. The van der Waals surface area contributed by atoms with Gasteiger partial charge in [-0.1, -0.05) is 30.3 Å². The van der Waals surface area contributed by atoms with Crippen molar-refractivity contribution >= 4 is 11.6 Å². The molecule has 2 rings (SSSR count). The van der Waals surface area contributed by atoms with E-state index in [2.05, 4.69) is 10.3 Å². The Kier molecular flexibility index (Phi) is 6.63. The highest BCUT2D eigenvalue weighted by atomic mass is 16.5. The van der Waals surface area contributed by atoms with Gasteiger partial charge < -0.3 is 20.5 Å². The zero-order valence-corrected chi connectivity index (χ0v) is 14.5. The van der Waals surface area contributed by atoms with E-state index in [-0.39, 0.29) is 6.10 Å². The number of hydrogen-bond donors (Lipinski definition) is 2. The molecule has 0 heterocycles. The molecule has 0 amide bonds. The Morgan fingerprint density at radius 3 is 2.50 bits per heavy atom. The van der Waals surface area contributed by atoms with Gasteiger partial charge >= 0.3 is 0 Å². The highest BCUT2D eigenvalue weighted by Gasteiger charge is 2.03. The quantitative estimate of drug-likeness (QED) is 0.603. The third-order valence-electron chi connectivity index (χ3n) is 3.31. The molecule has 128 valence electrons. The number of anilines is 1. The number of rotatable bonds is 7. The first-order chi connectivity index (χ1) is 11.6. The van der Waals surface area contributed by atoms with E-state index in [0.29, 0.717) is 19.1 Å². The number of guanidine groups is 1. The Hall–Kier alpha value is -2.53. The third kappa shape index (κ3) is 5.59. The number of methoxy groups -OCH3 is 1. The molecule has 0 aliphatic rings. The van der Waals surface area contributed by atoms with Crippen LogP contribution in [0.1, 0.15) is 25.0 Å². The molecule has 0 spiro atoms. The van der Waals surface area contributed by atoms with Gasteiger partial charge in [-0.05, 0) is 37.6 Å². The number of nitrogens with zero attached hydrogens (tertiary/aromatic N) is 1. The van der Waals surface area contributed by atoms with Crippen LogP contribution >= 0.6 is 0 Å². The maximum atomic E-state index is 5.99. The maximum absolute atomic E-state index is 5.99. The normalized spacial score (nSPS) is 11.6. The van der Waals surface area contributed by atoms with Crippen molar-refractivity contribution < 1.29 is 9.47 Å². The molecule has 0 atom stereocenters. The number of nitrogens with two attached hydrogens (primary N) is 1. The van der Waals surface area contributed by atoms with Gasteiger partial charge in [-0.15, -0.1) is 0 Å². The number of para-hydroxylation sites is 1. The van der Waals surface area contributed by atoms with Crippen LogP contribution in [0.5, 0.6) is 5.75 Å². The summed E-state index contributed by atoms with van der Waals surface area (Å²) < 4.78 is 10.8. The largest absolute Gasteiger partial charge is 0.491 e. The van der Waals surface area contributed by atoms with Gasteiger partial charge in [0.25, 0.3) is 0 Å². The molecule has 2 aromatic carbocycles. The molecule has 2 aromatic rings. The fourth-order valence-corrected chi connectivity index (χ4v) is 2.22. The van der Waals surface area contributed by atoms with Crippen molar-refractivity contribution in [2.45, 2.75) is 33.1 Å². The molecular weight excluding hydrogens is 302 g/mol. The molecule has 0 saturated carbocycles. The number of benzene rings is 2. The molecule has 0 aliphatic carbocycles. The molecule has 24 heavy (non-hydrogen) atoms. The van der Waals surface area contributed by atoms with Crippen molar-refractivity contribution in [1.82, 2.24) is 0 Å². The summed E-state index contributed by atoms with van der Waals surface area (Å²) in [4.78, 5) is 4.38. The summed E-state index contributed by atoms with van der Waals surface area (Å²) in [6.07, 6.45) is 0.167. The third-order valence-corrected chi connectivity index (χ3v) is 3.31. The van der Waals surface area contributed by atoms with Crippen LogP contribution in [0.2, 0.25) is 0 Å². The van der Waals surface area contributed by atoms with Crippen LogP contribution in [0.15, 0.2) is 53.5 Å². The summed E-state index contributed by atoms with van der Waals surface area (Å²) in [5, 5.41) is 3.13. The first-order valence-corrected chi connectivity index (χ1v) is 7.98. The number of aliphatic imine (C=N–C) groups is 1. The average molecular weight is 327 g/mol. The molecule has 0 bridgehead atoms. The Balaban J connectivity index is 1.96. The zero-order valence-electron chi connectivity index (χ0n) is 14.5. The van der Waals surface area contributed by atoms with Crippen LogP contribution in [0.3, 0.4) is 0 Å². The second-order valence-electron chi connectivity index (χ2n) is 5.73. The highest BCUT2D eigenvalue weighted by Crippen LogP contribution is 2.16. The van der Waals surface area contributed by atoms with E-state index in [1.807, 2.05) is 62.4 Å². The van der Waals surface area contributed by atoms with Gasteiger partial charge in [-0.2, -0.15) is 0 Å². The summed E-state index contributed by atoms with van der Waals surface area (Å²) in [7, 11) is 1.67. The lowest BCUT2D eigenvalue weighted by Crippen LogP contribution is -2.23. The maximum Gasteiger partial charge on any atom is 0.193 e. The van der Waals surface area contributed by atoms with Crippen LogP contribution in [0.25, 0.3) is 0 Å². The van der Waals surface area contributed by atoms with Gasteiger partial charge in [0, 0.05) is 18.4 Å². The topological polar surface area (TPSA) is 68.9 Å². The first-order valence-electron chi connectivity index (χ1n) is 7.98. The predicted molar refractivity (Wildman–Crippen MR) is 98.3 cm³/mol. The van der Waals surface area contributed by atoms with Crippen molar-refractivity contribution in [3.8, 4) is 5.75 Å². The van der Waals surface area contributed by atoms with Gasteiger partial charge in [0.2, 0.25) is 0 Å². The van der Waals surface area contributed by atoms with Crippen molar-refractivity contribution in [3.63, 3.8) is 0 Å². The Morgan fingerprint density at radius 1 is 1.12 bits per heavy atom. The second kappa shape index (κ2) is 8.93. The smallest absolute Gasteiger partial charge is 0.193 e. The van der Waals surface area contributed by atoms with Crippen LogP contribution in [-0.2, 0) is 17.9 Å². The van der Waals surface area contributed by atoms with Gasteiger partial charge in [0.15, 0.2) is 5.96 Å². The molecule has 0 radical (unpaired) electrons. The van der Waals surface area contributed by atoms with Gasteiger partial charge in [0.05, 0.1) is 19.3 Å². The number of hydrogen-bond acceptors (Lipinski definition) is 3. The molecule has 5 heteroatoms. The summed E-state index contributed by atoms with van der Waals surface area (Å²) in [6, 6.07) is 15.7. The Bertz CT molecular complexity index is 667. The van der Waals surface area contributed by atoms with E-state index in [4.69, 9.17) is 15.2 Å². The average Bonchev–Trinajstić information content (AvgIpc) is 2.56. The van der Waals surface area contributed by atoms with E-state index in [1.54, 1.807) is 7.11 Å². The summed E-state index contributed by atoms with van der Waals surface area (Å²) in [5.41, 5.74) is 9.00. The van der Waals surface area contributed by atoms with Gasteiger partial charge in [-0.25, -0.2) is 4.99 Å². The van der Waals surface area contributed by atoms with E-state index in [0.717, 1.165) is 22.6 Å². The first kappa shape index (κ1) is 17.8. The lowest BCUT2D eigenvalue weighted by Gasteiger charge is -2.11. The number of ether oxygens (including phenoxy) is 2. The lowest BCUT2D eigenvalue weighted by molar-refractivity contribution is 0.185. The summed E-state index contributed by atoms with van der Waals surface area (Å²) >= 11 is 0. The predicted octanol–water partition coefficient (Wildman–Crippen LogP) is 3.55. The fourth-order valence-electron chi connectivity index (χ4n) is 2.22. The van der Waals surface area contributed by atoms with Crippen LogP contribution in [-0.4, -0.2) is 19.2 Å². The Labute approximate surface area is 143 Å². The number of nitrogens with one attached hydrogen (secondary N) is 1. The molecule has 3 N–H and O–H groups in total. The fraction of sp³-hybridized carbons (Fsp3) is 0.316. The zero-order chi connectivity index (χ0) is 17.4. The summed E-state index contributed by atoms with van der Waals surface area (Å²) in [5.74, 6) is 1.23. The van der Waals surface area contributed by atoms with Gasteiger partial charge in [0.1, 0.15) is 5.75 Å². The van der Waals surface area contributed by atoms with Crippen LogP contribution in [0, 0.1) is 0 Å². The van der Waals surface area contributed by atoms with Crippen molar-refractivity contribution in [2.75, 3.05) is 12.4 Å². The highest BCUT2D eigenvalue weighted by molar-refractivity contribution is 5.92. The molecular formula is C19H25N3O2. The molecule has 0 unspecified atom stereocenters. The van der Waals surface area contributed by atoms with E-state index < -0.39 is 0 Å². The monoisotopic (exact) mass is 327 g/mol. The minimum Gasteiger partial charge on any atom is -0.491 e. The van der Waals surface area contributed by atoms with Crippen LogP contribution < -0.4 is 15.8 Å². The van der Waals surface area contributed by atoms with Crippen molar-refractivity contribution in [2.24, 2.45) is 10.7 Å². The van der Waals surface area contributed by atoms with Crippen molar-refractivity contribution in [3.05, 3.63) is 59.7 Å².